The quantitative estimate of drug-likeness (QED) is 0.319. The van der Waals surface area contributed by atoms with Gasteiger partial charge in [-0.05, 0) is 54.6 Å². The molecule has 0 aliphatic carbocycles. The van der Waals surface area contributed by atoms with Crippen LogP contribution in [-0.4, -0.2) is 31.9 Å². The summed E-state index contributed by atoms with van der Waals surface area (Å²) in [6.45, 7) is 0.222. The smallest absolute Gasteiger partial charge is 0.416 e. The summed E-state index contributed by atoms with van der Waals surface area (Å²) >= 11 is 0. The summed E-state index contributed by atoms with van der Waals surface area (Å²) in [5.41, 5.74) is 2.15. The number of carboxylic acids is 2. The van der Waals surface area contributed by atoms with Crippen LogP contribution in [0.5, 0.6) is 0 Å². The van der Waals surface area contributed by atoms with Gasteiger partial charge in [0.1, 0.15) is 0 Å². The zero-order chi connectivity index (χ0) is 25.2. The highest BCUT2D eigenvalue weighted by atomic mass is 19.4. The number of rotatable bonds is 7. The second-order valence-electron chi connectivity index (χ2n) is 7.61. The first-order valence-electron chi connectivity index (χ1n) is 10.3. The molecule has 0 fully saturated rings. The fraction of sp³-hybridized carbons (Fsp3) is 0.0800. The summed E-state index contributed by atoms with van der Waals surface area (Å²) in [5.74, 6) is -2.14. The molecule has 178 valence electrons. The van der Waals surface area contributed by atoms with E-state index in [0.29, 0.717) is 28.2 Å². The lowest BCUT2D eigenvalue weighted by Crippen LogP contribution is -2.05. The summed E-state index contributed by atoms with van der Waals surface area (Å²) in [6.07, 6.45) is -2.81. The summed E-state index contributed by atoms with van der Waals surface area (Å²) in [7, 11) is 0. The standard InChI is InChI=1S/C25H18F3N3O4/c26-25(27,28)19-8-10-21(11-9-19)31-14-18(13-29-20-3-1-2-17(12-20)24(34)35)22(30-31)15-4-6-16(7-5-15)23(32)33/h1-12,14,29H,13H2,(H,32,33)(H,34,35). The van der Waals surface area contributed by atoms with E-state index in [0.717, 1.165) is 12.1 Å². The van der Waals surface area contributed by atoms with Crippen molar-refractivity contribution in [2.45, 2.75) is 12.7 Å². The van der Waals surface area contributed by atoms with E-state index in [1.807, 2.05) is 0 Å². The Morgan fingerprint density at radius 1 is 0.886 bits per heavy atom. The van der Waals surface area contributed by atoms with Crippen molar-refractivity contribution >= 4 is 17.6 Å². The zero-order valence-electron chi connectivity index (χ0n) is 18.0. The molecule has 0 radical (unpaired) electrons. The molecule has 0 spiro atoms. The normalized spacial score (nSPS) is 11.3. The Morgan fingerprint density at radius 3 is 2.14 bits per heavy atom. The molecule has 3 N–H and O–H groups in total. The predicted molar refractivity (Wildman–Crippen MR) is 122 cm³/mol. The zero-order valence-corrected chi connectivity index (χ0v) is 18.0. The van der Waals surface area contributed by atoms with Gasteiger partial charge in [-0.2, -0.15) is 18.3 Å². The minimum atomic E-state index is -4.46. The molecule has 0 unspecified atom stereocenters. The molecular formula is C25H18F3N3O4. The van der Waals surface area contributed by atoms with Gasteiger partial charge in [0.2, 0.25) is 0 Å². The Kier molecular flexibility index (Phi) is 6.28. The predicted octanol–water partition coefficient (Wildman–Crippen LogP) is 5.57. The van der Waals surface area contributed by atoms with E-state index in [-0.39, 0.29) is 17.7 Å². The minimum absolute atomic E-state index is 0.0982. The molecule has 0 amide bonds. The molecule has 1 aromatic heterocycles. The monoisotopic (exact) mass is 481 g/mol. The maximum atomic E-state index is 12.9. The van der Waals surface area contributed by atoms with E-state index in [1.165, 1.54) is 41.1 Å². The van der Waals surface area contributed by atoms with E-state index in [1.54, 1.807) is 30.5 Å². The van der Waals surface area contributed by atoms with E-state index in [9.17, 15) is 27.9 Å². The Morgan fingerprint density at radius 2 is 1.54 bits per heavy atom. The number of halogens is 3. The maximum Gasteiger partial charge on any atom is 0.416 e. The van der Waals surface area contributed by atoms with Crippen LogP contribution in [-0.2, 0) is 12.7 Å². The van der Waals surface area contributed by atoms with Crippen molar-refractivity contribution in [3.63, 3.8) is 0 Å². The number of carbonyl (C=O) groups is 2. The molecule has 0 bridgehead atoms. The fourth-order valence-electron chi connectivity index (χ4n) is 3.45. The largest absolute Gasteiger partial charge is 0.478 e. The number of aromatic nitrogens is 2. The first-order chi connectivity index (χ1) is 16.6. The Balaban J connectivity index is 1.69. The number of hydrogen-bond donors (Lipinski definition) is 3. The molecule has 4 rings (SSSR count). The lowest BCUT2D eigenvalue weighted by Gasteiger charge is -2.08. The van der Waals surface area contributed by atoms with Crippen molar-refractivity contribution in [1.82, 2.24) is 9.78 Å². The van der Waals surface area contributed by atoms with Crippen LogP contribution in [0.1, 0.15) is 31.8 Å². The lowest BCUT2D eigenvalue weighted by atomic mass is 10.1. The molecular weight excluding hydrogens is 463 g/mol. The third-order valence-corrected chi connectivity index (χ3v) is 5.25. The highest BCUT2D eigenvalue weighted by molar-refractivity contribution is 5.89. The molecule has 0 saturated heterocycles. The SMILES string of the molecule is O=C(O)c1ccc(-c2nn(-c3ccc(C(F)(F)F)cc3)cc2CNc2cccc(C(=O)O)c2)cc1. The summed E-state index contributed by atoms with van der Waals surface area (Å²) in [6, 6.07) is 16.8. The van der Waals surface area contributed by atoms with E-state index in [2.05, 4.69) is 10.4 Å². The third-order valence-electron chi connectivity index (χ3n) is 5.25. The van der Waals surface area contributed by atoms with Gasteiger partial charge in [-0.1, -0.05) is 18.2 Å². The number of hydrogen-bond acceptors (Lipinski definition) is 4. The highest BCUT2D eigenvalue weighted by Gasteiger charge is 2.30. The van der Waals surface area contributed by atoms with Gasteiger partial charge in [-0.15, -0.1) is 0 Å². The van der Waals surface area contributed by atoms with Gasteiger partial charge in [0.05, 0.1) is 28.1 Å². The second-order valence-corrected chi connectivity index (χ2v) is 7.61. The molecule has 35 heavy (non-hydrogen) atoms. The molecule has 1 heterocycles. The first kappa shape index (κ1) is 23.6. The number of aromatic carboxylic acids is 2. The van der Waals surface area contributed by atoms with Gasteiger partial charge < -0.3 is 15.5 Å². The molecule has 3 aromatic carbocycles. The average molecular weight is 481 g/mol. The van der Waals surface area contributed by atoms with Gasteiger partial charge >= 0.3 is 18.1 Å². The first-order valence-corrected chi connectivity index (χ1v) is 10.3. The van der Waals surface area contributed by atoms with Crippen molar-refractivity contribution in [2.24, 2.45) is 0 Å². The van der Waals surface area contributed by atoms with Crippen LogP contribution in [0.15, 0.2) is 79.0 Å². The second kappa shape index (κ2) is 9.34. The number of alkyl halides is 3. The Bertz CT molecular complexity index is 1380. The number of nitrogens with zero attached hydrogens (tertiary/aromatic N) is 2. The van der Waals surface area contributed by atoms with Crippen LogP contribution in [0.25, 0.3) is 16.9 Å². The van der Waals surface area contributed by atoms with Crippen LogP contribution < -0.4 is 5.32 Å². The van der Waals surface area contributed by atoms with Crippen LogP contribution in [0.3, 0.4) is 0 Å². The number of nitrogens with one attached hydrogen (secondary N) is 1. The topological polar surface area (TPSA) is 104 Å². The summed E-state index contributed by atoms with van der Waals surface area (Å²) in [4.78, 5) is 22.4. The molecule has 4 aromatic rings. The highest BCUT2D eigenvalue weighted by Crippen LogP contribution is 2.30. The Hall–Kier alpha value is -4.60. The van der Waals surface area contributed by atoms with Gasteiger partial charge in [0.15, 0.2) is 0 Å². The van der Waals surface area contributed by atoms with Crippen molar-refractivity contribution in [1.29, 1.82) is 0 Å². The number of carboxylic acid groups (broad SMARTS) is 2. The van der Waals surface area contributed by atoms with Gasteiger partial charge in [0, 0.05) is 29.6 Å². The van der Waals surface area contributed by atoms with Gasteiger partial charge in [0.25, 0.3) is 0 Å². The van der Waals surface area contributed by atoms with Crippen LogP contribution in [0, 0.1) is 0 Å². The molecule has 0 atom stereocenters. The number of benzene rings is 3. The maximum absolute atomic E-state index is 12.9. The van der Waals surface area contributed by atoms with Crippen LogP contribution in [0.4, 0.5) is 18.9 Å². The fourth-order valence-corrected chi connectivity index (χ4v) is 3.45. The van der Waals surface area contributed by atoms with Crippen molar-refractivity contribution in [2.75, 3.05) is 5.32 Å². The molecule has 10 heteroatoms. The number of anilines is 1. The molecule has 0 aliphatic heterocycles. The Labute approximate surface area is 197 Å². The van der Waals surface area contributed by atoms with Crippen molar-refractivity contribution < 1.29 is 33.0 Å². The van der Waals surface area contributed by atoms with Crippen LogP contribution in [0.2, 0.25) is 0 Å². The van der Waals surface area contributed by atoms with Gasteiger partial charge in [-0.3, -0.25) is 0 Å². The molecule has 0 saturated carbocycles. The summed E-state index contributed by atoms with van der Waals surface area (Å²) in [5, 5.41) is 26.0. The third kappa shape index (κ3) is 5.32. The van der Waals surface area contributed by atoms with E-state index in [4.69, 9.17) is 5.11 Å². The summed E-state index contributed by atoms with van der Waals surface area (Å²) < 4.78 is 40.2. The lowest BCUT2D eigenvalue weighted by molar-refractivity contribution is -0.137. The van der Waals surface area contributed by atoms with Gasteiger partial charge in [-0.25, -0.2) is 14.3 Å². The molecule has 0 aliphatic rings. The average Bonchev–Trinajstić information content (AvgIpc) is 3.27. The van der Waals surface area contributed by atoms with Crippen LogP contribution >= 0.6 is 0 Å². The molecule has 7 nitrogen and oxygen atoms in total. The van der Waals surface area contributed by atoms with E-state index < -0.39 is 23.7 Å². The van der Waals surface area contributed by atoms with Crippen molar-refractivity contribution in [3.05, 3.63) is 101 Å². The van der Waals surface area contributed by atoms with E-state index >= 15 is 0 Å². The minimum Gasteiger partial charge on any atom is -0.478 e. The van der Waals surface area contributed by atoms with Crippen molar-refractivity contribution in [3.8, 4) is 16.9 Å².